The second-order valence-electron chi connectivity index (χ2n) is 3.01. The molecule has 1 saturated heterocycles. The van der Waals surface area contributed by atoms with Crippen molar-refractivity contribution in [2.24, 2.45) is 0 Å². The smallest absolute Gasteiger partial charge is 0.373 e. The highest BCUT2D eigenvalue weighted by Crippen LogP contribution is 2.62. The van der Waals surface area contributed by atoms with E-state index in [2.05, 4.69) is 0 Å². The van der Waals surface area contributed by atoms with Crippen LogP contribution in [0.15, 0.2) is 0 Å². The van der Waals surface area contributed by atoms with Crippen LogP contribution >= 0.6 is 7.60 Å². The molecule has 1 heterocycles. The van der Waals surface area contributed by atoms with Gasteiger partial charge < -0.3 is 13.8 Å². The second kappa shape index (κ2) is 3.40. The van der Waals surface area contributed by atoms with Crippen molar-refractivity contribution < 1.29 is 23.1 Å². The number of rotatable bonds is 3. The Balaban J connectivity index is 2.91. The van der Waals surface area contributed by atoms with Gasteiger partial charge in [0, 0.05) is 27.1 Å². The van der Waals surface area contributed by atoms with Crippen LogP contribution in [0.3, 0.4) is 0 Å². The molecule has 0 saturated carbocycles. The summed E-state index contributed by atoms with van der Waals surface area (Å²) in [5.41, 5.74) is 0. The molecule has 1 aliphatic heterocycles. The molecule has 0 aromatic carbocycles. The monoisotopic (exact) mass is 208 g/mol. The quantitative estimate of drug-likeness (QED) is 0.519. The first-order valence-corrected chi connectivity index (χ1v) is 5.45. The summed E-state index contributed by atoms with van der Waals surface area (Å²) in [4.78, 5) is 10.9. The molecule has 0 aromatic heterocycles. The van der Waals surface area contributed by atoms with Gasteiger partial charge in [-0.1, -0.05) is 0 Å². The summed E-state index contributed by atoms with van der Waals surface area (Å²) in [5, 5.41) is -1.12. The predicted molar refractivity (Wildman–Crippen MR) is 45.4 cm³/mol. The summed E-state index contributed by atoms with van der Waals surface area (Å²) in [6, 6.07) is 0. The van der Waals surface area contributed by atoms with Gasteiger partial charge >= 0.3 is 13.6 Å². The van der Waals surface area contributed by atoms with Crippen LogP contribution < -0.4 is 0 Å². The van der Waals surface area contributed by atoms with Crippen LogP contribution in [0.5, 0.6) is 0 Å². The Morgan fingerprint density at radius 3 is 2.31 bits per heavy atom. The van der Waals surface area contributed by atoms with E-state index in [1.165, 1.54) is 14.2 Å². The van der Waals surface area contributed by atoms with Gasteiger partial charge in [-0.25, -0.2) is 0 Å². The first-order chi connectivity index (χ1) is 5.97. The summed E-state index contributed by atoms with van der Waals surface area (Å²) >= 11 is 0. The highest BCUT2D eigenvalue weighted by molar-refractivity contribution is 7.55. The van der Waals surface area contributed by atoms with E-state index in [-0.39, 0.29) is 12.4 Å². The molecule has 0 radical (unpaired) electrons. The average Bonchev–Trinajstić information content (AvgIpc) is 2.46. The largest absolute Gasteiger partial charge is 0.446 e. The van der Waals surface area contributed by atoms with Crippen molar-refractivity contribution in [2.75, 3.05) is 14.2 Å². The number of carbonyl (C=O) groups excluding carboxylic acids is 1. The molecule has 0 bridgehead atoms. The van der Waals surface area contributed by atoms with Crippen molar-refractivity contribution in [1.29, 1.82) is 0 Å². The molecule has 76 valence electrons. The summed E-state index contributed by atoms with van der Waals surface area (Å²) in [6.45, 7) is 1.56. The van der Waals surface area contributed by atoms with Crippen molar-refractivity contribution in [3.05, 3.63) is 0 Å². The predicted octanol–water partition coefficient (Wildman–Crippen LogP) is 1.53. The molecule has 1 aliphatic rings. The van der Waals surface area contributed by atoms with Crippen molar-refractivity contribution >= 4 is 13.6 Å². The molecule has 0 aromatic rings. The van der Waals surface area contributed by atoms with Crippen LogP contribution in [-0.4, -0.2) is 25.5 Å². The van der Waals surface area contributed by atoms with Crippen LogP contribution in [0, 0.1) is 0 Å². The Morgan fingerprint density at radius 2 is 2.00 bits per heavy atom. The van der Waals surface area contributed by atoms with Crippen LogP contribution in [0.2, 0.25) is 0 Å². The maximum atomic E-state index is 11.9. The molecule has 0 amide bonds. The molecule has 1 rings (SSSR count). The zero-order valence-corrected chi connectivity index (χ0v) is 8.80. The minimum absolute atomic E-state index is 0.257. The van der Waals surface area contributed by atoms with Crippen LogP contribution in [-0.2, 0) is 23.1 Å². The number of cyclic esters (lactones) is 1. The van der Waals surface area contributed by atoms with Gasteiger partial charge in [0.15, 0.2) is 0 Å². The Labute approximate surface area is 76.9 Å². The minimum Gasteiger partial charge on any atom is -0.446 e. The van der Waals surface area contributed by atoms with E-state index in [0.29, 0.717) is 6.42 Å². The third-order valence-corrected chi connectivity index (χ3v) is 4.62. The van der Waals surface area contributed by atoms with Gasteiger partial charge in [-0.15, -0.1) is 0 Å². The highest BCUT2D eigenvalue weighted by Gasteiger charge is 2.53. The van der Waals surface area contributed by atoms with Gasteiger partial charge in [0.05, 0.1) is 0 Å². The maximum Gasteiger partial charge on any atom is 0.373 e. The van der Waals surface area contributed by atoms with E-state index in [0.717, 1.165) is 0 Å². The lowest BCUT2D eigenvalue weighted by Gasteiger charge is -2.28. The summed E-state index contributed by atoms with van der Waals surface area (Å²) in [5.74, 6) is -0.364. The Bertz CT molecular complexity index is 256. The fourth-order valence-electron chi connectivity index (χ4n) is 1.33. The SMILES string of the molecule is COP(=O)(OC)[C@]1(C)CCC(=O)O1. The van der Waals surface area contributed by atoms with Crippen LogP contribution in [0.4, 0.5) is 0 Å². The normalized spacial score (nSPS) is 29.0. The van der Waals surface area contributed by atoms with E-state index in [9.17, 15) is 9.36 Å². The number of esters is 1. The van der Waals surface area contributed by atoms with Crippen molar-refractivity contribution in [3.63, 3.8) is 0 Å². The van der Waals surface area contributed by atoms with E-state index in [4.69, 9.17) is 13.8 Å². The van der Waals surface area contributed by atoms with Crippen molar-refractivity contribution in [1.82, 2.24) is 0 Å². The van der Waals surface area contributed by atoms with E-state index in [1.54, 1.807) is 6.92 Å². The fraction of sp³-hybridized carbons (Fsp3) is 0.857. The molecule has 0 unspecified atom stereocenters. The lowest BCUT2D eigenvalue weighted by molar-refractivity contribution is -0.143. The van der Waals surface area contributed by atoms with Gasteiger partial charge in [-0.2, -0.15) is 0 Å². The second-order valence-corrected chi connectivity index (χ2v) is 5.68. The van der Waals surface area contributed by atoms with Crippen molar-refractivity contribution in [3.8, 4) is 0 Å². The molecule has 13 heavy (non-hydrogen) atoms. The molecule has 1 fully saturated rings. The van der Waals surface area contributed by atoms with E-state index >= 15 is 0 Å². The molecule has 0 N–H and O–H groups in total. The molecule has 5 nitrogen and oxygen atoms in total. The topological polar surface area (TPSA) is 61.8 Å². The summed E-state index contributed by atoms with van der Waals surface area (Å²) in [6.07, 6.45) is 0.623. The van der Waals surface area contributed by atoms with Crippen LogP contribution in [0.1, 0.15) is 19.8 Å². The summed E-state index contributed by atoms with van der Waals surface area (Å²) < 4.78 is 26.4. The van der Waals surface area contributed by atoms with Gasteiger partial charge in [0.2, 0.25) is 5.34 Å². The number of hydrogen-bond donors (Lipinski definition) is 0. The number of hydrogen-bond acceptors (Lipinski definition) is 5. The zero-order valence-electron chi connectivity index (χ0n) is 7.90. The minimum atomic E-state index is -3.32. The molecule has 6 heteroatoms. The third-order valence-electron chi connectivity index (χ3n) is 2.19. The first-order valence-electron chi connectivity index (χ1n) is 3.91. The number of carbonyl (C=O) groups is 1. The van der Waals surface area contributed by atoms with Gasteiger partial charge in [0.25, 0.3) is 0 Å². The lowest BCUT2D eigenvalue weighted by Crippen LogP contribution is -2.25. The molecular formula is C7H13O5P. The molecule has 0 aliphatic carbocycles. The van der Waals surface area contributed by atoms with E-state index < -0.39 is 12.9 Å². The Morgan fingerprint density at radius 1 is 1.46 bits per heavy atom. The Hall–Kier alpha value is -0.380. The number of ether oxygens (including phenoxy) is 1. The molecule has 1 atom stereocenters. The Kier molecular flexibility index (Phi) is 2.80. The standard InChI is InChI=1S/C7H13O5P/c1-7(5-4-6(8)12-7)13(9,10-2)11-3/h4-5H2,1-3H3/t7-/m1/s1. The highest BCUT2D eigenvalue weighted by atomic mass is 31.2. The van der Waals surface area contributed by atoms with Gasteiger partial charge in [-0.05, 0) is 6.92 Å². The first kappa shape index (κ1) is 10.7. The lowest BCUT2D eigenvalue weighted by atomic mass is 10.2. The van der Waals surface area contributed by atoms with E-state index in [1.807, 2.05) is 0 Å². The van der Waals surface area contributed by atoms with Gasteiger partial charge in [0.1, 0.15) is 0 Å². The van der Waals surface area contributed by atoms with Crippen molar-refractivity contribution in [2.45, 2.75) is 25.1 Å². The average molecular weight is 208 g/mol. The van der Waals surface area contributed by atoms with Crippen LogP contribution in [0.25, 0.3) is 0 Å². The third kappa shape index (κ3) is 1.64. The molecular weight excluding hydrogens is 195 g/mol. The van der Waals surface area contributed by atoms with Gasteiger partial charge in [-0.3, -0.25) is 9.36 Å². The fourth-order valence-corrected chi connectivity index (χ4v) is 2.86. The zero-order chi connectivity index (χ0) is 10.1. The maximum absolute atomic E-state index is 11.9. The molecule has 0 spiro atoms. The summed E-state index contributed by atoms with van der Waals surface area (Å²) in [7, 11) is -0.762.